The Morgan fingerprint density at radius 3 is 1.78 bits per heavy atom. The monoisotopic (exact) mass is 340 g/mol. The summed E-state index contributed by atoms with van der Waals surface area (Å²) >= 11 is 0. The van der Waals surface area contributed by atoms with Gasteiger partial charge in [0.25, 0.3) is 0 Å². The number of hydrogen-bond donors (Lipinski definition) is 2. The second kappa shape index (κ2) is 25.8. The molecule has 0 aromatic rings. The molecule has 8 nitrogen and oxygen atoms in total. The van der Waals surface area contributed by atoms with Crippen LogP contribution in [0.15, 0.2) is 25.7 Å². The van der Waals surface area contributed by atoms with Gasteiger partial charge in [-0.1, -0.05) is 20.1 Å². The van der Waals surface area contributed by atoms with Gasteiger partial charge in [-0.2, -0.15) is 0 Å². The van der Waals surface area contributed by atoms with Crippen LogP contribution in [-0.4, -0.2) is 56.9 Å². The minimum absolute atomic E-state index is 0.201. The van der Waals surface area contributed by atoms with Crippen LogP contribution >= 0.6 is 0 Å². The van der Waals surface area contributed by atoms with Crippen molar-refractivity contribution in [1.82, 2.24) is 0 Å². The van der Waals surface area contributed by atoms with E-state index in [0.29, 0.717) is 0 Å². The zero-order valence-electron chi connectivity index (χ0n) is 14.6. The summed E-state index contributed by atoms with van der Waals surface area (Å²) in [5.74, 6) is 0. The average Bonchev–Trinajstić information content (AvgIpc) is 2.54. The first-order valence-electron chi connectivity index (χ1n) is 7.04. The Morgan fingerprint density at radius 1 is 0.913 bits per heavy atom. The molecule has 0 amide bonds. The summed E-state index contributed by atoms with van der Waals surface area (Å²) in [6.07, 6.45) is 3.54. The third-order valence-electron chi connectivity index (χ3n) is 2.02. The van der Waals surface area contributed by atoms with Crippen LogP contribution in [-0.2, 0) is 28.4 Å². The summed E-state index contributed by atoms with van der Waals surface area (Å²) in [5, 5.41) is 14.2. The molecule has 0 aliphatic carbocycles. The van der Waals surface area contributed by atoms with Gasteiger partial charge in [0.1, 0.15) is 20.4 Å². The number of ether oxygens (including phenoxy) is 6. The normalized spacial score (nSPS) is 11.7. The van der Waals surface area contributed by atoms with E-state index in [4.69, 9.17) is 29.2 Å². The molecule has 0 rings (SSSR count). The molecule has 0 aliphatic heterocycles. The van der Waals surface area contributed by atoms with E-state index in [-0.39, 0.29) is 32.8 Å². The summed E-state index contributed by atoms with van der Waals surface area (Å²) < 4.78 is 29.4. The molecule has 0 bridgehead atoms. The largest absolute Gasteiger partial charge is 0.466 e. The lowest BCUT2D eigenvalue weighted by Crippen LogP contribution is -2.18. The van der Waals surface area contributed by atoms with E-state index in [1.54, 1.807) is 14.0 Å². The maximum atomic E-state index is 7.12. The third kappa shape index (κ3) is 33.6. The van der Waals surface area contributed by atoms with E-state index in [2.05, 4.69) is 29.6 Å². The van der Waals surface area contributed by atoms with Crippen molar-refractivity contribution in [1.29, 1.82) is 0 Å². The van der Waals surface area contributed by atoms with Crippen LogP contribution in [0.5, 0.6) is 0 Å². The minimum Gasteiger partial charge on any atom is -0.466 e. The molecule has 0 saturated carbocycles. The lowest BCUT2D eigenvalue weighted by atomic mass is 10.3. The molecule has 0 fully saturated rings. The summed E-state index contributed by atoms with van der Waals surface area (Å²) in [6.45, 7) is 12.4. The zero-order chi connectivity index (χ0) is 18.3. The molecule has 0 aromatic heterocycles. The van der Waals surface area contributed by atoms with E-state index in [1.807, 2.05) is 6.92 Å². The Balaban J connectivity index is -0.000000335. The van der Waals surface area contributed by atoms with E-state index in [0.717, 1.165) is 6.42 Å². The number of aliphatic hydroxyl groups excluding tert-OH is 1. The standard InChI is InChI=1S/C9H20O4.C5H8O2.CH4O2/c1-5-8(2)11-7-13-9(3)12-6-10-4;1-3-6-5-7-4-2;2-1-3/h8-9H,5-7H2,1-4H3;3-4H,1-2,5H2;2-3H,1H2. The fourth-order valence-electron chi connectivity index (χ4n) is 0.717. The second-order valence-electron chi connectivity index (χ2n) is 3.74. The van der Waals surface area contributed by atoms with Gasteiger partial charge in [-0.25, -0.2) is 0 Å². The van der Waals surface area contributed by atoms with Gasteiger partial charge in [0.2, 0.25) is 6.79 Å². The number of methoxy groups -OCH3 is 1. The van der Waals surface area contributed by atoms with Gasteiger partial charge in [-0.05, 0) is 20.3 Å². The molecule has 0 spiro atoms. The van der Waals surface area contributed by atoms with E-state index >= 15 is 0 Å². The van der Waals surface area contributed by atoms with Gasteiger partial charge in [-0.15, -0.1) is 0 Å². The second-order valence-corrected chi connectivity index (χ2v) is 3.74. The SMILES string of the molecule is C=COCOC=C.CCC(C)OCOC(C)OCOC.OCO. The van der Waals surface area contributed by atoms with Crippen LogP contribution in [0.1, 0.15) is 27.2 Å². The van der Waals surface area contributed by atoms with Gasteiger partial charge in [-0.3, -0.25) is 0 Å². The van der Waals surface area contributed by atoms with Gasteiger partial charge in [0.05, 0.1) is 18.6 Å². The summed E-state index contributed by atoms with van der Waals surface area (Å²) in [6, 6.07) is 0. The molecule has 0 heterocycles. The van der Waals surface area contributed by atoms with Crippen LogP contribution in [0.3, 0.4) is 0 Å². The molecular weight excluding hydrogens is 308 g/mol. The number of aliphatic hydroxyl groups is 2. The molecule has 140 valence electrons. The molecule has 0 saturated heterocycles. The van der Waals surface area contributed by atoms with E-state index in [1.165, 1.54) is 12.5 Å². The molecule has 2 atom stereocenters. The molecule has 2 N–H and O–H groups in total. The van der Waals surface area contributed by atoms with Crippen molar-refractivity contribution in [3.05, 3.63) is 25.7 Å². The van der Waals surface area contributed by atoms with Crippen molar-refractivity contribution in [2.45, 2.75) is 39.6 Å². The molecule has 0 radical (unpaired) electrons. The summed E-state index contributed by atoms with van der Waals surface area (Å²) in [5.41, 5.74) is 0. The van der Waals surface area contributed by atoms with Crippen molar-refractivity contribution in [3.63, 3.8) is 0 Å². The highest BCUT2D eigenvalue weighted by atomic mass is 16.8. The third-order valence-corrected chi connectivity index (χ3v) is 2.02. The van der Waals surface area contributed by atoms with Crippen molar-refractivity contribution in [2.24, 2.45) is 0 Å². The lowest BCUT2D eigenvalue weighted by Gasteiger charge is -2.15. The van der Waals surface area contributed by atoms with E-state index < -0.39 is 6.79 Å². The maximum Gasteiger partial charge on any atom is 0.229 e. The highest BCUT2D eigenvalue weighted by molar-refractivity contribution is 4.48. The van der Waals surface area contributed by atoms with Crippen LogP contribution in [0.4, 0.5) is 0 Å². The van der Waals surface area contributed by atoms with Crippen LogP contribution < -0.4 is 0 Å². The molecule has 8 heteroatoms. The Kier molecular flexibility index (Phi) is 29.9. The van der Waals surface area contributed by atoms with Gasteiger partial charge >= 0.3 is 0 Å². The molecule has 0 aliphatic rings. The first-order valence-corrected chi connectivity index (χ1v) is 7.04. The Hall–Kier alpha value is -1.16. The van der Waals surface area contributed by atoms with E-state index in [9.17, 15) is 0 Å². The topological polar surface area (TPSA) is 95.8 Å². The Labute approximate surface area is 139 Å². The lowest BCUT2D eigenvalue weighted by molar-refractivity contribution is -0.222. The smallest absolute Gasteiger partial charge is 0.229 e. The first-order chi connectivity index (χ1) is 11.0. The van der Waals surface area contributed by atoms with Crippen LogP contribution in [0.2, 0.25) is 0 Å². The number of hydrogen-bond acceptors (Lipinski definition) is 8. The Bertz CT molecular complexity index is 218. The Morgan fingerprint density at radius 2 is 1.39 bits per heavy atom. The summed E-state index contributed by atoms with van der Waals surface area (Å²) in [4.78, 5) is 0. The fraction of sp³-hybridized carbons (Fsp3) is 0.733. The molecular formula is C15H32O8. The summed E-state index contributed by atoms with van der Waals surface area (Å²) in [7, 11) is 1.57. The molecule has 23 heavy (non-hydrogen) atoms. The van der Waals surface area contributed by atoms with Crippen LogP contribution in [0.25, 0.3) is 0 Å². The van der Waals surface area contributed by atoms with Crippen molar-refractivity contribution < 1.29 is 38.6 Å². The molecule has 0 aromatic carbocycles. The predicted molar refractivity (Wildman–Crippen MR) is 85.9 cm³/mol. The number of rotatable bonds is 12. The predicted octanol–water partition coefficient (Wildman–Crippen LogP) is 1.93. The van der Waals surface area contributed by atoms with Crippen LogP contribution in [0, 0.1) is 0 Å². The zero-order valence-corrected chi connectivity index (χ0v) is 14.6. The highest BCUT2D eigenvalue weighted by Crippen LogP contribution is 1.98. The minimum atomic E-state index is -0.750. The quantitative estimate of drug-likeness (QED) is 0.316. The van der Waals surface area contributed by atoms with Gasteiger partial charge in [0, 0.05) is 7.11 Å². The van der Waals surface area contributed by atoms with Crippen molar-refractivity contribution in [2.75, 3.05) is 34.3 Å². The molecule has 2 unspecified atom stereocenters. The van der Waals surface area contributed by atoms with Crippen molar-refractivity contribution >= 4 is 0 Å². The first kappa shape index (κ1) is 26.7. The van der Waals surface area contributed by atoms with Gasteiger partial charge in [0.15, 0.2) is 6.29 Å². The van der Waals surface area contributed by atoms with Crippen molar-refractivity contribution in [3.8, 4) is 0 Å². The highest BCUT2D eigenvalue weighted by Gasteiger charge is 2.02. The fourth-order valence-corrected chi connectivity index (χ4v) is 0.717. The average molecular weight is 340 g/mol. The van der Waals surface area contributed by atoms with Gasteiger partial charge < -0.3 is 38.6 Å². The maximum absolute atomic E-state index is 7.12.